The molecule has 0 saturated heterocycles. The molecule has 1 atom stereocenters. The molecule has 2 aromatic heterocycles. The number of nitrogens with one attached hydrogen (secondary N) is 4. The molecule has 1 amide bonds. The maximum absolute atomic E-state index is 12.7. The highest BCUT2D eigenvalue weighted by Gasteiger charge is 2.25. The van der Waals surface area contributed by atoms with Crippen molar-refractivity contribution in [2.45, 2.75) is 65.3 Å². The van der Waals surface area contributed by atoms with E-state index in [-0.39, 0.29) is 20.4 Å². The van der Waals surface area contributed by atoms with Crippen molar-refractivity contribution in [2.24, 2.45) is 13.0 Å². The van der Waals surface area contributed by atoms with Crippen molar-refractivity contribution in [1.82, 2.24) is 20.2 Å². The van der Waals surface area contributed by atoms with Crippen LogP contribution in [0, 0.1) is 25.2 Å². The lowest BCUT2D eigenvalue weighted by atomic mass is 9.92. The lowest BCUT2D eigenvalue weighted by Gasteiger charge is -2.27. The van der Waals surface area contributed by atoms with Gasteiger partial charge in [-0.15, -0.1) is 0 Å². The van der Waals surface area contributed by atoms with Crippen molar-refractivity contribution < 1.29 is 12.5 Å². The number of nitrogens with zero attached hydrogens (tertiary/aromatic N) is 2. The number of hydrogen-bond acceptors (Lipinski definition) is 7. The molecule has 9 heteroatoms. The maximum atomic E-state index is 12.7. The van der Waals surface area contributed by atoms with Crippen molar-refractivity contribution in [3.8, 4) is 11.1 Å². The van der Waals surface area contributed by atoms with Gasteiger partial charge >= 0.3 is 0 Å². The molecule has 9 nitrogen and oxygen atoms in total. The van der Waals surface area contributed by atoms with Crippen LogP contribution in [-0.2, 0) is 16.7 Å². The highest BCUT2D eigenvalue weighted by molar-refractivity contribution is 5.92. The van der Waals surface area contributed by atoms with E-state index in [1.165, 1.54) is 25.7 Å². The van der Waals surface area contributed by atoms with Crippen molar-refractivity contribution in [3.63, 3.8) is 0 Å². The Bertz CT molecular complexity index is 1110. The smallest absolute Gasteiger partial charge is 0.267 e. The first-order valence-electron chi connectivity index (χ1n) is 12.9. The maximum Gasteiger partial charge on any atom is 0.267 e. The summed E-state index contributed by atoms with van der Waals surface area (Å²) in [6, 6.07) is 5.38. The lowest BCUT2D eigenvalue weighted by Crippen LogP contribution is -2.45. The third-order valence-corrected chi connectivity index (χ3v) is 7.01. The zero-order chi connectivity index (χ0) is 27.4. The molecule has 0 aromatic carbocycles. The van der Waals surface area contributed by atoms with Crippen LogP contribution >= 0.6 is 0 Å². The summed E-state index contributed by atoms with van der Waals surface area (Å²) in [5.74, 6) is 0.853. The molecule has 1 aliphatic carbocycles. The Balaban J connectivity index is 0.00000353. The number of pyridine rings is 2. The first kappa shape index (κ1) is 29.8. The predicted octanol–water partition coefficient (Wildman–Crippen LogP) is 4.74. The predicted molar refractivity (Wildman–Crippen MR) is 154 cm³/mol. The van der Waals surface area contributed by atoms with E-state index in [4.69, 9.17) is 10.2 Å². The van der Waals surface area contributed by atoms with E-state index in [1.54, 1.807) is 37.0 Å². The van der Waals surface area contributed by atoms with Crippen LogP contribution < -0.4 is 21.7 Å². The van der Waals surface area contributed by atoms with Crippen LogP contribution in [0.15, 0.2) is 41.0 Å². The summed E-state index contributed by atoms with van der Waals surface area (Å²) < 4.78 is 1.65. The fourth-order valence-electron chi connectivity index (χ4n) is 4.86. The molecule has 0 bridgehead atoms. The number of likely N-dealkylation sites (N-methyl/N-ethyl adjacent to an activating group) is 1. The Hall–Kier alpha value is -3.46. The van der Waals surface area contributed by atoms with Crippen molar-refractivity contribution in [3.05, 3.63) is 57.8 Å². The Kier molecular flexibility index (Phi) is 12.0. The third-order valence-electron chi connectivity index (χ3n) is 7.01. The summed E-state index contributed by atoms with van der Waals surface area (Å²) >= 11 is 0. The van der Waals surface area contributed by atoms with Gasteiger partial charge in [0, 0.05) is 46.0 Å². The van der Waals surface area contributed by atoms with Crippen LogP contribution in [0.5, 0.6) is 0 Å². The van der Waals surface area contributed by atoms with Gasteiger partial charge < -0.3 is 20.6 Å². The standard InChI is InChI=1S/C27H39N5O3.CH3N.2H2/c1-6-22(28-4)27(34)30-23(20-11-9-7-8-10-12-20)17-35-31-24-14-13-21(16-29-24)26-18(2)15-25(33)32(5)19(26)3;1-2;;/h6,13-16,20,23,28H,7-12,17H2,1-5H3,(H,29,31)(H,30,34);2H,1H2;2*1H/b22-6-;;;/t23-;;;/m1.../s1. The molecular formula is C28H46N6O3. The molecule has 1 aliphatic rings. The van der Waals surface area contributed by atoms with Gasteiger partial charge in [0.2, 0.25) is 0 Å². The molecule has 0 spiro atoms. The van der Waals surface area contributed by atoms with Gasteiger partial charge in [0.25, 0.3) is 11.5 Å². The molecule has 0 aliphatic heterocycles. The number of allylic oxidation sites excluding steroid dienone is 1. The van der Waals surface area contributed by atoms with Crippen molar-refractivity contribution in [1.29, 1.82) is 5.41 Å². The molecule has 0 unspecified atom stereocenters. The Morgan fingerprint density at radius 2 is 1.95 bits per heavy atom. The van der Waals surface area contributed by atoms with E-state index in [0.717, 1.165) is 35.2 Å². The van der Waals surface area contributed by atoms with Crippen LogP contribution in [0.1, 0.15) is 59.6 Å². The second kappa shape index (κ2) is 14.9. The quantitative estimate of drug-likeness (QED) is 0.166. The van der Waals surface area contributed by atoms with Crippen LogP contribution in [0.25, 0.3) is 11.1 Å². The summed E-state index contributed by atoms with van der Waals surface area (Å²) in [5, 5.41) is 11.6. The van der Waals surface area contributed by atoms with E-state index >= 15 is 0 Å². The zero-order valence-corrected chi connectivity index (χ0v) is 22.8. The van der Waals surface area contributed by atoms with E-state index in [9.17, 15) is 9.59 Å². The van der Waals surface area contributed by atoms with E-state index < -0.39 is 0 Å². The van der Waals surface area contributed by atoms with E-state index in [2.05, 4.69) is 27.8 Å². The molecular weight excluding hydrogens is 468 g/mol. The lowest BCUT2D eigenvalue weighted by molar-refractivity contribution is -0.119. The van der Waals surface area contributed by atoms with Crippen LogP contribution in [0.2, 0.25) is 0 Å². The first-order valence-corrected chi connectivity index (χ1v) is 12.9. The minimum atomic E-state index is -0.113. The Labute approximate surface area is 223 Å². The second-order valence-electron chi connectivity index (χ2n) is 9.31. The third kappa shape index (κ3) is 8.01. The number of aromatic nitrogens is 2. The molecule has 2 aromatic rings. The molecule has 3 rings (SSSR count). The Morgan fingerprint density at radius 1 is 1.27 bits per heavy atom. The molecule has 1 saturated carbocycles. The van der Waals surface area contributed by atoms with E-state index in [0.29, 0.717) is 24.0 Å². The van der Waals surface area contributed by atoms with Gasteiger partial charge in [0.1, 0.15) is 5.82 Å². The van der Waals surface area contributed by atoms with Gasteiger partial charge in [0.05, 0.1) is 18.3 Å². The van der Waals surface area contributed by atoms with Gasteiger partial charge in [-0.25, -0.2) is 10.5 Å². The first-order chi connectivity index (χ1) is 17.8. The van der Waals surface area contributed by atoms with Crippen LogP contribution in [0.3, 0.4) is 0 Å². The van der Waals surface area contributed by atoms with Gasteiger partial charge in [-0.1, -0.05) is 31.8 Å². The molecule has 4 N–H and O–H groups in total. The van der Waals surface area contributed by atoms with Crippen LogP contribution in [0.4, 0.5) is 5.82 Å². The Morgan fingerprint density at radius 3 is 2.51 bits per heavy atom. The minimum absolute atomic E-state index is 0. The summed E-state index contributed by atoms with van der Waals surface area (Å²) in [6.07, 6.45) is 10.6. The van der Waals surface area contributed by atoms with Gasteiger partial charge in [0.15, 0.2) is 0 Å². The zero-order valence-electron chi connectivity index (χ0n) is 22.8. The van der Waals surface area contributed by atoms with Crippen molar-refractivity contribution >= 4 is 18.4 Å². The number of carbonyl (C=O) groups excluding carboxylic acids is 1. The molecule has 206 valence electrons. The normalized spacial score (nSPS) is 15.1. The number of anilines is 1. The molecule has 1 fully saturated rings. The fourth-order valence-corrected chi connectivity index (χ4v) is 4.86. The monoisotopic (exact) mass is 514 g/mol. The minimum Gasteiger partial charge on any atom is -0.384 e. The largest absolute Gasteiger partial charge is 0.384 e. The van der Waals surface area contributed by atoms with E-state index in [1.807, 2.05) is 32.9 Å². The second-order valence-corrected chi connectivity index (χ2v) is 9.31. The summed E-state index contributed by atoms with van der Waals surface area (Å²) in [5.41, 5.74) is 7.25. The average molecular weight is 515 g/mol. The topological polar surface area (TPSA) is 121 Å². The number of hydrogen-bond donors (Lipinski definition) is 4. The average Bonchev–Trinajstić information content (AvgIpc) is 3.19. The molecule has 0 radical (unpaired) electrons. The van der Waals surface area contributed by atoms with Gasteiger partial charge in [-0.3, -0.25) is 14.4 Å². The summed E-state index contributed by atoms with van der Waals surface area (Å²) in [7, 11) is 3.53. The highest BCUT2D eigenvalue weighted by atomic mass is 16.6. The SMILES string of the molecule is C/C=C(\NC)C(=O)N[C@H](CONc1ccc(-c2c(C)cc(=O)n(C)c2C)cn1)C1CCCCCC1.C=N.[HH].[HH]. The van der Waals surface area contributed by atoms with Gasteiger partial charge in [-0.2, -0.15) is 0 Å². The van der Waals surface area contributed by atoms with Gasteiger partial charge in [-0.05, 0) is 63.9 Å². The number of amides is 1. The number of rotatable bonds is 9. The van der Waals surface area contributed by atoms with Crippen molar-refractivity contribution in [2.75, 3.05) is 19.1 Å². The number of aryl methyl sites for hydroxylation is 1. The number of carbonyl (C=O) groups is 1. The van der Waals surface area contributed by atoms with Crippen LogP contribution in [-0.4, -0.2) is 41.9 Å². The molecule has 37 heavy (non-hydrogen) atoms. The fraction of sp³-hybridized carbons (Fsp3) is 0.500. The summed E-state index contributed by atoms with van der Waals surface area (Å²) in [4.78, 5) is 35.1. The summed E-state index contributed by atoms with van der Waals surface area (Å²) in [6.45, 7) is 8.57. The highest BCUT2D eigenvalue weighted by Crippen LogP contribution is 2.27. The molecule has 2 heterocycles.